The van der Waals surface area contributed by atoms with Crippen LogP contribution in [0.25, 0.3) is 0 Å². The monoisotopic (exact) mass is 271 g/mol. The molecule has 1 aromatic rings. The van der Waals surface area contributed by atoms with Gasteiger partial charge in [0, 0.05) is 12.6 Å². The minimum Gasteiger partial charge on any atom is -0.309 e. The van der Waals surface area contributed by atoms with Gasteiger partial charge in [0.05, 0.1) is 11.0 Å². The third-order valence-corrected chi connectivity index (χ3v) is 5.76. The molecule has 5 heteroatoms. The van der Waals surface area contributed by atoms with E-state index in [0.29, 0.717) is 12.3 Å². The fraction of sp³-hybridized carbons (Fsp3) is 0.538. The molecule has 0 bridgehead atoms. The molecule has 2 atom stereocenters. The summed E-state index contributed by atoms with van der Waals surface area (Å²) >= 11 is 0. The van der Waals surface area contributed by atoms with Gasteiger partial charge < -0.3 is 5.32 Å². The van der Waals surface area contributed by atoms with E-state index in [0.717, 1.165) is 18.4 Å². The molecule has 0 aromatic heterocycles. The Labute approximate surface area is 107 Å². The van der Waals surface area contributed by atoms with Crippen molar-refractivity contribution in [2.45, 2.75) is 31.1 Å². The van der Waals surface area contributed by atoms with E-state index in [1.54, 1.807) is 12.1 Å². The zero-order valence-electron chi connectivity index (χ0n) is 10.4. The highest BCUT2D eigenvalue weighted by Gasteiger charge is 2.31. The highest BCUT2D eigenvalue weighted by Crippen LogP contribution is 2.20. The fourth-order valence-corrected chi connectivity index (χ4v) is 4.04. The molecule has 0 aliphatic carbocycles. The van der Waals surface area contributed by atoms with E-state index in [4.69, 9.17) is 0 Å². The van der Waals surface area contributed by atoms with Gasteiger partial charge in [-0.05, 0) is 37.5 Å². The van der Waals surface area contributed by atoms with Crippen LogP contribution in [0.5, 0.6) is 0 Å². The smallest absolute Gasteiger partial charge is 0.154 e. The molecule has 3 nitrogen and oxygen atoms in total. The van der Waals surface area contributed by atoms with Gasteiger partial charge in [-0.2, -0.15) is 0 Å². The summed E-state index contributed by atoms with van der Waals surface area (Å²) in [6, 6.07) is 6.30. The Morgan fingerprint density at radius 2 is 2.06 bits per heavy atom. The third kappa shape index (κ3) is 3.09. The third-order valence-electron chi connectivity index (χ3n) is 3.48. The van der Waals surface area contributed by atoms with Gasteiger partial charge in [0.2, 0.25) is 0 Å². The maximum atomic E-state index is 12.8. The zero-order chi connectivity index (χ0) is 13.2. The van der Waals surface area contributed by atoms with Crippen molar-refractivity contribution in [2.75, 3.05) is 12.3 Å². The van der Waals surface area contributed by atoms with E-state index in [1.165, 1.54) is 12.1 Å². The van der Waals surface area contributed by atoms with Crippen molar-refractivity contribution < 1.29 is 12.8 Å². The quantitative estimate of drug-likeness (QED) is 0.911. The van der Waals surface area contributed by atoms with Crippen LogP contribution in [0, 0.1) is 5.82 Å². The first kappa shape index (κ1) is 13.5. The summed E-state index contributed by atoms with van der Waals surface area (Å²) in [6.45, 7) is 2.43. The molecule has 100 valence electrons. The van der Waals surface area contributed by atoms with Crippen molar-refractivity contribution in [3.05, 3.63) is 35.6 Å². The number of sulfone groups is 1. The van der Waals surface area contributed by atoms with Gasteiger partial charge in [0.15, 0.2) is 9.84 Å². The van der Waals surface area contributed by atoms with Crippen LogP contribution in [0.4, 0.5) is 4.39 Å². The molecule has 1 fully saturated rings. The van der Waals surface area contributed by atoms with E-state index in [1.807, 2.05) is 6.92 Å². The Bertz CT molecular complexity index is 498. The molecule has 1 saturated heterocycles. The van der Waals surface area contributed by atoms with Gasteiger partial charge in [-0.15, -0.1) is 0 Å². The Morgan fingerprint density at radius 1 is 1.39 bits per heavy atom. The minimum atomic E-state index is -2.89. The van der Waals surface area contributed by atoms with Gasteiger partial charge in [-0.3, -0.25) is 0 Å². The molecule has 1 aliphatic heterocycles. The van der Waals surface area contributed by atoms with Crippen molar-refractivity contribution in [3.63, 3.8) is 0 Å². The maximum Gasteiger partial charge on any atom is 0.154 e. The average Bonchev–Trinajstić information content (AvgIpc) is 2.66. The van der Waals surface area contributed by atoms with Gasteiger partial charge >= 0.3 is 0 Å². The van der Waals surface area contributed by atoms with Crippen LogP contribution in [0.1, 0.15) is 31.4 Å². The summed E-state index contributed by atoms with van der Waals surface area (Å²) < 4.78 is 36.1. The van der Waals surface area contributed by atoms with Crippen LogP contribution >= 0.6 is 0 Å². The number of hydrogen-bond acceptors (Lipinski definition) is 3. The first-order chi connectivity index (χ1) is 8.49. The van der Waals surface area contributed by atoms with Crippen molar-refractivity contribution in [3.8, 4) is 0 Å². The van der Waals surface area contributed by atoms with E-state index in [-0.39, 0.29) is 17.1 Å². The number of hydrogen-bond donors (Lipinski definition) is 1. The molecule has 1 heterocycles. The Morgan fingerprint density at radius 3 is 2.61 bits per heavy atom. The molecule has 1 aromatic carbocycles. The van der Waals surface area contributed by atoms with E-state index < -0.39 is 9.84 Å². The molecule has 0 spiro atoms. The molecule has 2 unspecified atom stereocenters. The summed E-state index contributed by atoms with van der Waals surface area (Å²) in [4.78, 5) is 0. The number of benzene rings is 1. The SMILES string of the molecule is CC(NCC1CCCS1(=O)=O)c1ccc(F)cc1. The second-order valence-corrected chi connectivity index (χ2v) is 7.21. The first-order valence-corrected chi connectivity index (χ1v) is 7.91. The predicted octanol–water partition coefficient (Wildman–Crippen LogP) is 2.05. The second kappa shape index (κ2) is 5.36. The molecule has 0 radical (unpaired) electrons. The number of halogens is 1. The van der Waals surface area contributed by atoms with Crippen LogP contribution in [0.2, 0.25) is 0 Å². The van der Waals surface area contributed by atoms with E-state index in [9.17, 15) is 12.8 Å². The van der Waals surface area contributed by atoms with Gasteiger partial charge in [-0.1, -0.05) is 12.1 Å². The number of nitrogens with one attached hydrogen (secondary N) is 1. The zero-order valence-corrected chi connectivity index (χ0v) is 11.2. The first-order valence-electron chi connectivity index (χ1n) is 6.19. The summed E-state index contributed by atoms with van der Waals surface area (Å²) in [5, 5.41) is 2.95. The van der Waals surface area contributed by atoms with Gasteiger partial charge in [0.25, 0.3) is 0 Å². The lowest BCUT2D eigenvalue weighted by Gasteiger charge is -2.17. The molecule has 2 rings (SSSR count). The highest BCUT2D eigenvalue weighted by molar-refractivity contribution is 7.92. The van der Waals surface area contributed by atoms with E-state index >= 15 is 0 Å². The molecule has 0 amide bonds. The predicted molar refractivity (Wildman–Crippen MR) is 69.6 cm³/mol. The number of rotatable bonds is 4. The average molecular weight is 271 g/mol. The normalized spacial score (nSPS) is 24.0. The molecule has 0 saturated carbocycles. The summed E-state index contributed by atoms with van der Waals surface area (Å²) in [5.41, 5.74) is 0.965. The van der Waals surface area contributed by atoms with Crippen LogP contribution < -0.4 is 5.32 Å². The lowest BCUT2D eigenvalue weighted by Crippen LogP contribution is -2.32. The molecule has 1 N–H and O–H groups in total. The van der Waals surface area contributed by atoms with Crippen molar-refractivity contribution in [1.82, 2.24) is 5.32 Å². The summed E-state index contributed by atoms with van der Waals surface area (Å²) in [7, 11) is -2.89. The standard InChI is InChI=1S/C13H18FNO2S/c1-10(11-4-6-12(14)7-5-11)15-9-13-3-2-8-18(13,16)17/h4-7,10,13,15H,2-3,8-9H2,1H3. The van der Waals surface area contributed by atoms with Crippen molar-refractivity contribution in [2.24, 2.45) is 0 Å². The highest BCUT2D eigenvalue weighted by atomic mass is 32.2. The van der Waals surface area contributed by atoms with E-state index in [2.05, 4.69) is 5.32 Å². The van der Waals surface area contributed by atoms with Gasteiger partial charge in [0.1, 0.15) is 5.82 Å². The fourth-order valence-electron chi connectivity index (χ4n) is 2.26. The van der Waals surface area contributed by atoms with Crippen LogP contribution in [0.3, 0.4) is 0 Å². The maximum absolute atomic E-state index is 12.8. The lowest BCUT2D eigenvalue weighted by atomic mass is 10.1. The minimum absolute atomic E-state index is 0.0291. The van der Waals surface area contributed by atoms with Crippen molar-refractivity contribution >= 4 is 9.84 Å². The topological polar surface area (TPSA) is 46.2 Å². The Hall–Kier alpha value is -0.940. The Kier molecular flexibility index (Phi) is 4.02. The molecule has 1 aliphatic rings. The second-order valence-electron chi connectivity index (χ2n) is 4.81. The largest absolute Gasteiger partial charge is 0.309 e. The molecule has 18 heavy (non-hydrogen) atoms. The van der Waals surface area contributed by atoms with Crippen molar-refractivity contribution in [1.29, 1.82) is 0 Å². The molecular formula is C13H18FNO2S. The Balaban J connectivity index is 1.92. The van der Waals surface area contributed by atoms with Crippen LogP contribution in [-0.4, -0.2) is 26.0 Å². The van der Waals surface area contributed by atoms with Crippen LogP contribution in [-0.2, 0) is 9.84 Å². The summed E-state index contributed by atoms with van der Waals surface area (Å²) in [5.74, 6) is 0.0499. The van der Waals surface area contributed by atoms with Crippen LogP contribution in [0.15, 0.2) is 24.3 Å². The van der Waals surface area contributed by atoms with Gasteiger partial charge in [-0.25, -0.2) is 12.8 Å². The lowest BCUT2D eigenvalue weighted by molar-refractivity contribution is 0.537. The summed E-state index contributed by atoms with van der Waals surface area (Å²) in [6.07, 6.45) is 1.51. The molecular weight excluding hydrogens is 253 g/mol.